The Labute approximate surface area is 79.4 Å². The number of piperazine rings is 1. The van der Waals surface area contributed by atoms with E-state index in [4.69, 9.17) is 4.74 Å². The van der Waals surface area contributed by atoms with Crippen molar-refractivity contribution in [3.63, 3.8) is 0 Å². The van der Waals surface area contributed by atoms with Crippen molar-refractivity contribution in [2.75, 3.05) is 26.3 Å². The molecule has 3 nitrogen and oxygen atoms in total. The maximum absolute atomic E-state index is 5.40. The molecule has 0 spiro atoms. The SMILES string of the molecule is C1CC(N2CC3CC2CN3)CCO1. The zero-order chi connectivity index (χ0) is 8.67. The Hall–Kier alpha value is -0.120. The van der Waals surface area contributed by atoms with Gasteiger partial charge in [0.15, 0.2) is 0 Å². The van der Waals surface area contributed by atoms with Gasteiger partial charge in [0.1, 0.15) is 0 Å². The van der Waals surface area contributed by atoms with E-state index in [1.807, 2.05) is 0 Å². The average Bonchev–Trinajstić information content (AvgIpc) is 2.80. The fourth-order valence-corrected chi connectivity index (χ4v) is 3.06. The minimum absolute atomic E-state index is 0.799. The molecular formula is C10H18N2O. The van der Waals surface area contributed by atoms with Gasteiger partial charge in [-0.25, -0.2) is 0 Å². The minimum atomic E-state index is 0.799. The van der Waals surface area contributed by atoms with E-state index in [1.165, 1.54) is 32.4 Å². The predicted octanol–water partition coefficient (Wildman–Crippen LogP) is 0.211. The summed E-state index contributed by atoms with van der Waals surface area (Å²) in [5.74, 6) is 0. The fourth-order valence-electron chi connectivity index (χ4n) is 3.06. The number of likely N-dealkylation sites (tertiary alicyclic amines) is 1. The highest BCUT2D eigenvalue weighted by molar-refractivity contribution is 4.99. The Morgan fingerprint density at radius 1 is 1.15 bits per heavy atom. The molecule has 3 heterocycles. The van der Waals surface area contributed by atoms with Crippen LogP contribution in [0.1, 0.15) is 19.3 Å². The molecule has 0 amide bonds. The molecule has 13 heavy (non-hydrogen) atoms. The molecule has 3 aliphatic rings. The van der Waals surface area contributed by atoms with Gasteiger partial charge >= 0.3 is 0 Å². The van der Waals surface area contributed by atoms with E-state index in [0.717, 1.165) is 31.3 Å². The molecule has 0 aromatic heterocycles. The van der Waals surface area contributed by atoms with Crippen molar-refractivity contribution in [3.05, 3.63) is 0 Å². The van der Waals surface area contributed by atoms with Crippen molar-refractivity contribution in [2.24, 2.45) is 0 Å². The van der Waals surface area contributed by atoms with Crippen LogP contribution in [0.5, 0.6) is 0 Å². The van der Waals surface area contributed by atoms with Gasteiger partial charge in [-0.1, -0.05) is 0 Å². The summed E-state index contributed by atoms with van der Waals surface area (Å²) in [6, 6.07) is 2.46. The zero-order valence-electron chi connectivity index (χ0n) is 8.04. The average molecular weight is 182 g/mol. The van der Waals surface area contributed by atoms with Crippen LogP contribution in [0.25, 0.3) is 0 Å². The van der Waals surface area contributed by atoms with Crippen LogP contribution in [0.3, 0.4) is 0 Å². The molecule has 0 radical (unpaired) electrons. The number of ether oxygens (including phenoxy) is 1. The van der Waals surface area contributed by atoms with Crippen molar-refractivity contribution in [1.82, 2.24) is 10.2 Å². The van der Waals surface area contributed by atoms with Gasteiger partial charge in [0.2, 0.25) is 0 Å². The van der Waals surface area contributed by atoms with Crippen LogP contribution in [0.15, 0.2) is 0 Å². The molecule has 2 atom stereocenters. The first-order valence-electron chi connectivity index (χ1n) is 5.50. The van der Waals surface area contributed by atoms with E-state index in [1.54, 1.807) is 0 Å². The quantitative estimate of drug-likeness (QED) is 0.627. The molecule has 0 aromatic rings. The van der Waals surface area contributed by atoms with E-state index in [0.29, 0.717) is 0 Å². The maximum atomic E-state index is 5.40. The second kappa shape index (κ2) is 3.23. The number of fused-ring (bicyclic) bond motifs is 2. The molecule has 74 valence electrons. The molecule has 3 fully saturated rings. The molecule has 3 heteroatoms. The smallest absolute Gasteiger partial charge is 0.0480 e. The number of rotatable bonds is 1. The number of nitrogens with one attached hydrogen (secondary N) is 1. The summed E-state index contributed by atoms with van der Waals surface area (Å²) in [4.78, 5) is 2.73. The lowest BCUT2D eigenvalue weighted by Gasteiger charge is -2.37. The van der Waals surface area contributed by atoms with Crippen molar-refractivity contribution in [2.45, 2.75) is 37.4 Å². The van der Waals surface area contributed by atoms with Crippen LogP contribution >= 0.6 is 0 Å². The van der Waals surface area contributed by atoms with Gasteiger partial charge < -0.3 is 10.1 Å². The van der Waals surface area contributed by atoms with Crippen molar-refractivity contribution < 1.29 is 4.74 Å². The second-order valence-corrected chi connectivity index (χ2v) is 4.54. The lowest BCUT2D eigenvalue weighted by atomic mass is 10.1. The third-order valence-electron chi connectivity index (χ3n) is 3.76. The molecule has 0 aromatic carbocycles. The van der Waals surface area contributed by atoms with E-state index in [2.05, 4.69) is 10.2 Å². The van der Waals surface area contributed by atoms with Crippen molar-refractivity contribution in [1.29, 1.82) is 0 Å². The van der Waals surface area contributed by atoms with E-state index >= 15 is 0 Å². The maximum Gasteiger partial charge on any atom is 0.0480 e. The minimum Gasteiger partial charge on any atom is -0.381 e. The molecule has 2 bridgehead atoms. The highest BCUT2D eigenvalue weighted by Crippen LogP contribution is 2.28. The summed E-state index contributed by atoms with van der Waals surface area (Å²) in [7, 11) is 0. The third kappa shape index (κ3) is 1.39. The van der Waals surface area contributed by atoms with Gasteiger partial charge in [-0.3, -0.25) is 4.90 Å². The molecule has 1 N–H and O–H groups in total. The third-order valence-corrected chi connectivity index (χ3v) is 3.76. The van der Waals surface area contributed by atoms with Crippen molar-refractivity contribution >= 4 is 0 Å². The predicted molar refractivity (Wildman–Crippen MR) is 50.7 cm³/mol. The lowest BCUT2D eigenvalue weighted by Crippen LogP contribution is -2.50. The standard InChI is InChI=1S/C10H18N2O/c1-3-13-4-2-9(1)12-7-8-5-10(12)6-11-8/h8-11H,1-7H2. The van der Waals surface area contributed by atoms with E-state index in [9.17, 15) is 0 Å². The first-order chi connectivity index (χ1) is 6.43. The fraction of sp³-hybridized carbons (Fsp3) is 1.00. The molecule has 0 saturated carbocycles. The summed E-state index contributed by atoms with van der Waals surface area (Å²) >= 11 is 0. The number of nitrogens with zero attached hydrogens (tertiary/aromatic N) is 1. The molecular weight excluding hydrogens is 164 g/mol. The van der Waals surface area contributed by atoms with Crippen LogP contribution in [-0.2, 0) is 4.74 Å². The van der Waals surface area contributed by atoms with Crippen LogP contribution in [-0.4, -0.2) is 49.3 Å². The highest BCUT2D eigenvalue weighted by Gasteiger charge is 2.40. The van der Waals surface area contributed by atoms with E-state index in [-0.39, 0.29) is 0 Å². The van der Waals surface area contributed by atoms with Gasteiger partial charge in [-0.05, 0) is 19.3 Å². The Balaban J connectivity index is 1.65. The molecule has 3 aliphatic heterocycles. The normalized spacial score (nSPS) is 41.5. The van der Waals surface area contributed by atoms with Gasteiger partial charge in [0.25, 0.3) is 0 Å². The van der Waals surface area contributed by atoms with Crippen LogP contribution < -0.4 is 5.32 Å². The zero-order valence-corrected chi connectivity index (χ0v) is 8.04. The van der Waals surface area contributed by atoms with Gasteiger partial charge in [0, 0.05) is 44.4 Å². The Kier molecular flexibility index (Phi) is 2.04. The number of hydrogen-bond acceptors (Lipinski definition) is 3. The van der Waals surface area contributed by atoms with Crippen LogP contribution in [0.2, 0.25) is 0 Å². The van der Waals surface area contributed by atoms with Crippen molar-refractivity contribution in [3.8, 4) is 0 Å². The molecule has 3 rings (SSSR count). The second-order valence-electron chi connectivity index (χ2n) is 4.54. The highest BCUT2D eigenvalue weighted by atomic mass is 16.5. The lowest BCUT2D eigenvalue weighted by molar-refractivity contribution is 0.0252. The Morgan fingerprint density at radius 3 is 2.62 bits per heavy atom. The van der Waals surface area contributed by atoms with Gasteiger partial charge in [-0.15, -0.1) is 0 Å². The Bertz CT molecular complexity index is 191. The van der Waals surface area contributed by atoms with E-state index < -0.39 is 0 Å². The molecule has 2 unspecified atom stereocenters. The summed E-state index contributed by atoms with van der Waals surface area (Å²) in [5, 5.41) is 3.55. The van der Waals surface area contributed by atoms with Crippen LogP contribution in [0, 0.1) is 0 Å². The first kappa shape index (κ1) is 8.21. The first-order valence-corrected chi connectivity index (χ1v) is 5.50. The number of hydrogen-bond donors (Lipinski definition) is 1. The summed E-state index contributed by atoms with van der Waals surface area (Å²) in [5.41, 5.74) is 0. The molecule has 0 aliphatic carbocycles. The summed E-state index contributed by atoms with van der Waals surface area (Å²) in [6.07, 6.45) is 3.89. The van der Waals surface area contributed by atoms with Crippen LogP contribution in [0.4, 0.5) is 0 Å². The molecule has 3 saturated heterocycles. The topological polar surface area (TPSA) is 24.5 Å². The summed E-state index contributed by atoms with van der Waals surface area (Å²) in [6.45, 7) is 4.47. The van der Waals surface area contributed by atoms with Gasteiger partial charge in [-0.2, -0.15) is 0 Å². The largest absolute Gasteiger partial charge is 0.381 e. The summed E-state index contributed by atoms with van der Waals surface area (Å²) < 4.78 is 5.40. The Morgan fingerprint density at radius 2 is 2.00 bits per heavy atom. The van der Waals surface area contributed by atoms with Gasteiger partial charge in [0.05, 0.1) is 0 Å². The monoisotopic (exact) mass is 182 g/mol.